The van der Waals surface area contributed by atoms with Gasteiger partial charge in [-0.25, -0.2) is 0 Å². The first-order valence-electron chi connectivity index (χ1n) is 7.59. The summed E-state index contributed by atoms with van der Waals surface area (Å²) in [5.41, 5.74) is -0.418. The summed E-state index contributed by atoms with van der Waals surface area (Å²) in [6.45, 7) is 0. The van der Waals surface area contributed by atoms with E-state index in [9.17, 15) is 9.59 Å². The van der Waals surface area contributed by atoms with Crippen LogP contribution in [0.3, 0.4) is 0 Å². The predicted octanol–water partition coefficient (Wildman–Crippen LogP) is 3.04. The molecule has 1 aliphatic carbocycles. The van der Waals surface area contributed by atoms with Gasteiger partial charge in [0.25, 0.3) is 0 Å². The van der Waals surface area contributed by atoms with E-state index in [-0.39, 0.29) is 5.92 Å². The van der Waals surface area contributed by atoms with E-state index < -0.39 is 23.3 Å². The van der Waals surface area contributed by atoms with Crippen LogP contribution in [0.25, 0.3) is 6.08 Å². The molecule has 0 N–H and O–H groups in total. The van der Waals surface area contributed by atoms with E-state index in [1.165, 1.54) is 20.5 Å². The molecule has 1 saturated carbocycles. The first-order valence-corrected chi connectivity index (χ1v) is 7.59. The zero-order valence-electron chi connectivity index (χ0n) is 13.5. The zero-order valence-corrected chi connectivity index (χ0v) is 13.5. The second-order valence-corrected chi connectivity index (χ2v) is 5.64. The Labute approximate surface area is 139 Å². The molecule has 1 heterocycles. The van der Waals surface area contributed by atoms with Gasteiger partial charge in [0, 0.05) is 5.92 Å². The molecule has 1 aromatic carbocycles. The van der Waals surface area contributed by atoms with E-state index >= 15 is 0 Å². The van der Waals surface area contributed by atoms with E-state index in [2.05, 4.69) is 0 Å². The van der Waals surface area contributed by atoms with Gasteiger partial charge in [0.05, 0.1) is 26.4 Å². The Hall–Kier alpha value is -2.82. The van der Waals surface area contributed by atoms with Gasteiger partial charge in [0.15, 0.2) is 5.41 Å². The Morgan fingerprint density at radius 3 is 2.25 bits per heavy atom. The molecule has 2 aromatic rings. The molecule has 1 aliphatic rings. The maximum atomic E-state index is 12.4. The number of carbonyl (C=O) groups is 2. The number of hydrogen-bond acceptors (Lipinski definition) is 5. The highest BCUT2D eigenvalue weighted by atomic mass is 16.5. The lowest BCUT2D eigenvalue weighted by atomic mass is 10.0. The van der Waals surface area contributed by atoms with Crippen molar-refractivity contribution in [3.05, 3.63) is 66.1 Å². The summed E-state index contributed by atoms with van der Waals surface area (Å²) in [6, 6.07) is 13.1. The van der Waals surface area contributed by atoms with Gasteiger partial charge in [-0.3, -0.25) is 9.59 Å². The van der Waals surface area contributed by atoms with Crippen LogP contribution >= 0.6 is 0 Å². The van der Waals surface area contributed by atoms with Crippen molar-refractivity contribution in [3.63, 3.8) is 0 Å². The molecule has 5 nitrogen and oxygen atoms in total. The third-order valence-corrected chi connectivity index (χ3v) is 4.46. The molecule has 1 fully saturated rings. The number of benzene rings is 1. The number of esters is 2. The molecule has 5 heteroatoms. The van der Waals surface area contributed by atoms with Gasteiger partial charge < -0.3 is 13.9 Å². The van der Waals surface area contributed by atoms with Crippen LogP contribution in [-0.2, 0) is 19.1 Å². The summed E-state index contributed by atoms with van der Waals surface area (Å²) >= 11 is 0. The van der Waals surface area contributed by atoms with Crippen LogP contribution < -0.4 is 0 Å². The second kappa shape index (κ2) is 6.35. The average Bonchev–Trinajstić information content (AvgIpc) is 3.00. The van der Waals surface area contributed by atoms with Crippen molar-refractivity contribution in [2.45, 2.75) is 5.92 Å². The summed E-state index contributed by atoms with van der Waals surface area (Å²) in [5.74, 6) is -1.48. The number of methoxy groups -OCH3 is 2. The molecule has 2 atom stereocenters. The minimum Gasteiger partial charge on any atom is -0.469 e. The number of carbonyl (C=O) groups excluding carboxylic acids is 2. The Bertz CT molecular complexity index is 729. The Morgan fingerprint density at radius 2 is 1.71 bits per heavy atom. The molecule has 2 unspecified atom stereocenters. The normalized spacial score (nSPS) is 21.4. The standard InChI is InChI=1S/C19H18O5/c1-22-17(20)19(18(21)23-2)14(16(19)15-9-6-12-24-15)11-10-13-7-4-3-5-8-13/h3-12,14,16H,1-2H3/b11-10+. The van der Waals surface area contributed by atoms with E-state index in [1.54, 1.807) is 12.1 Å². The van der Waals surface area contributed by atoms with Crippen molar-refractivity contribution >= 4 is 18.0 Å². The van der Waals surface area contributed by atoms with Gasteiger partial charge in [-0.15, -0.1) is 0 Å². The maximum absolute atomic E-state index is 12.4. The van der Waals surface area contributed by atoms with Crippen molar-refractivity contribution < 1.29 is 23.5 Å². The summed E-state index contributed by atoms with van der Waals surface area (Å²) in [5, 5.41) is 0. The van der Waals surface area contributed by atoms with E-state index in [1.807, 2.05) is 42.5 Å². The molecule has 0 spiro atoms. The summed E-state index contributed by atoms with van der Waals surface area (Å²) in [7, 11) is 2.53. The van der Waals surface area contributed by atoms with Crippen molar-refractivity contribution in [2.75, 3.05) is 14.2 Å². The third-order valence-electron chi connectivity index (χ3n) is 4.46. The number of ether oxygens (including phenoxy) is 2. The van der Waals surface area contributed by atoms with Gasteiger partial charge in [0.1, 0.15) is 5.76 Å². The van der Waals surface area contributed by atoms with Crippen LogP contribution in [0, 0.1) is 11.3 Å². The molecule has 0 radical (unpaired) electrons. The van der Waals surface area contributed by atoms with Crippen LogP contribution in [0.5, 0.6) is 0 Å². The maximum Gasteiger partial charge on any atom is 0.324 e. The first-order chi connectivity index (χ1) is 11.7. The number of allylic oxidation sites excluding steroid dienone is 1. The fourth-order valence-electron chi connectivity index (χ4n) is 3.27. The molecule has 0 aliphatic heterocycles. The van der Waals surface area contributed by atoms with Gasteiger partial charge in [-0.2, -0.15) is 0 Å². The molecule has 0 amide bonds. The zero-order chi connectivity index (χ0) is 17.2. The fourth-order valence-corrected chi connectivity index (χ4v) is 3.27. The average molecular weight is 326 g/mol. The minimum absolute atomic E-state index is 0.385. The van der Waals surface area contributed by atoms with E-state index in [4.69, 9.17) is 13.9 Å². The molecule has 124 valence electrons. The predicted molar refractivity (Wildman–Crippen MR) is 86.9 cm³/mol. The summed E-state index contributed by atoms with van der Waals surface area (Å²) in [4.78, 5) is 24.9. The fraction of sp³-hybridized carbons (Fsp3) is 0.263. The summed E-state index contributed by atoms with van der Waals surface area (Å²) in [6.07, 6.45) is 5.25. The molecule has 3 rings (SSSR count). The number of hydrogen-bond donors (Lipinski definition) is 0. The highest BCUT2D eigenvalue weighted by molar-refractivity contribution is 6.06. The summed E-state index contributed by atoms with van der Waals surface area (Å²) < 4.78 is 15.2. The van der Waals surface area contributed by atoms with Crippen molar-refractivity contribution in [1.82, 2.24) is 0 Å². The van der Waals surface area contributed by atoms with Gasteiger partial charge in [0.2, 0.25) is 0 Å². The smallest absolute Gasteiger partial charge is 0.324 e. The monoisotopic (exact) mass is 326 g/mol. The first kappa shape index (κ1) is 16.1. The molecule has 0 saturated heterocycles. The van der Waals surface area contributed by atoms with Gasteiger partial charge in [-0.1, -0.05) is 42.5 Å². The highest BCUT2D eigenvalue weighted by Crippen LogP contribution is 2.67. The second-order valence-electron chi connectivity index (χ2n) is 5.64. The third kappa shape index (κ3) is 2.42. The highest BCUT2D eigenvalue weighted by Gasteiger charge is 2.77. The van der Waals surface area contributed by atoms with Crippen molar-refractivity contribution in [1.29, 1.82) is 0 Å². The topological polar surface area (TPSA) is 65.7 Å². The largest absolute Gasteiger partial charge is 0.469 e. The van der Waals surface area contributed by atoms with Crippen LogP contribution in [0.15, 0.2) is 59.2 Å². The molecular weight excluding hydrogens is 308 g/mol. The van der Waals surface area contributed by atoms with Gasteiger partial charge in [-0.05, 0) is 17.7 Å². The van der Waals surface area contributed by atoms with Crippen LogP contribution in [0.1, 0.15) is 17.2 Å². The van der Waals surface area contributed by atoms with Crippen LogP contribution in [-0.4, -0.2) is 26.2 Å². The Morgan fingerprint density at radius 1 is 1.04 bits per heavy atom. The van der Waals surface area contributed by atoms with E-state index in [0.717, 1.165) is 5.56 Å². The lowest BCUT2D eigenvalue weighted by Gasteiger charge is -2.12. The molecule has 0 bridgehead atoms. The lowest BCUT2D eigenvalue weighted by molar-refractivity contribution is -0.162. The lowest BCUT2D eigenvalue weighted by Crippen LogP contribution is -2.31. The van der Waals surface area contributed by atoms with E-state index in [0.29, 0.717) is 5.76 Å². The molecule has 1 aromatic heterocycles. The molecular formula is C19H18O5. The van der Waals surface area contributed by atoms with Crippen LogP contribution in [0.2, 0.25) is 0 Å². The van der Waals surface area contributed by atoms with Crippen molar-refractivity contribution in [2.24, 2.45) is 11.3 Å². The molecule has 24 heavy (non-hydrogen) atoms. The van der Waals surface area contributed by atoms with Crippen LogP contribution in [0.4, 0.5) is 0 Å². The number of rotatable bonds is 5. The van der Waals surface area contributed by atoms with Gasteiger partial charge >= 0.3 is 11.9 Å². The number of furan rings is 1. The Kier molecular flexibility index (Phi) is 4.25. The Balaban J connectivity index is 1.99. The van der Waals surface area contributed by atoms with Crippen molar-refractivity contribution in [3.8, 4) is 0 Å². The SMILES string of the molecule is COC(=O)C1(C(=O)OC)C(/C=C/c2ccccc2)C1c1ccco1. The minimum atomic E-state index is -1.40. The quantitative estimate of drug-likeness (QED) is 0.624.